The highest BCUT2D eigenvalue weighted by Crippen LogP contribution is 2.44. The zero-order chi connectivity index (χ0) is 28.8. The van der Waals surface area contributed by atoms with Gasteiger partial charge in [-0.1, -0.05) is 61.0 Å². The van der Waals surface area contributed by atoms with Crippen molar-refractivity contribution < 1.29 is 23.7 Å². The van der Waals surface area contributed by atoms with Crippen molar-refractivity contribution in [1.82, 2.24) is 0 Å². The Morgan fingerprint density at radius 2 is 1.78 bits per heavy atom. The first kappa shape index (κ1) is 27.6. The van der Waals surface area contributed by atoms with Crippen molar-refractivity contribution in [2.45, 2.75) is 25.9 Å². The summed E-state index contributed by atoms with van der Waals surface area (Å²) in [5.74, 6) is 0.671. The van der Waals surface area contributed by atoms with Gasteiger partial charge in [-0.2, -0.15) is 5.26 Å². The number of allylic oxidation sites excluding steroid dienone is 1. The van der Waals surface area contributed by atoms with Crippen molar-refractivity contribution in [3.63, 3.8) is 0 Å². The lowest BCUT2D eigenvalue weighted by molar-refractivity contribution is 0.0730. The molecule has 8 heteroatoms. The van der Waals surface area contributed by atoms with Gasteiger partial charge < -0.3 is 24.7 Å². The van der Waals surface area contributed by atoms with Crippen molar-refractivity contribution in [1.29, 1.82) is 5.26 Å². The van der Waals surface area contributed by atoms with Crippen LogP contribution in [0, 0.1) is 11.3 Å². The summed E-state index contributed by atoms with van der Waals surface area (Å²) in [7, 11) is 0. The van der Waals surface area contributed by atoms with Gasteiger partial charge in [-0.25, -0.2) is 4.79 Å². The predicted molar refractivity (Wildman–Crippen MR) is 155 cm³/mol. The standard InChI is InChI=1S/C33H27ClN2O5/c1-2-16-38-29-9-4-3-8-27(29)33(37)40-25-14-15-26-30(18-25)41-32(36)28(19-35)31(26)22-6-5-7-24(17-22)39-20-21-10-12-23(34)13-11-21/h3-15,17-18,31H,2,16,20,36H2,1H3. The molecule has 1 unspecified atom stereocenters. The first-order valence-electron chi connectivity index (χ1n) is 13.1. The van der Waals surface area contributed by atoms with Gasteiger partial charge in [-0.3, -0.25) is 0 Å². The summed E-state index contributed by atoms with van der Waals surface area (Å²) in [6, 6.07) is 29.1. The average molecular weight is 567 g/mol. The number of carbonyl (C=O) groups is 1. The number of hydrogen-bond acceptors (Lipinski definition) is 7. The Kier molecular flexibility index (Phi) is 8.42. The second-order valence-electron chi connectivity index (χ2n) is 9.35. The molecule has 0 aliphatic carbocycles. The molecule has 4 aromatic rings. The minimum absolute atomic E-state index is 0.0146. The topological polar surface area (TPSA) is 104 Å². The van der Waals surface area contributed by atoms with Crippen LogP contribution in [0.2, 0.25) is 5.02 Å². The first-order valence-corrected chi connectivity index (χ1v) is 13.5. The van der Waals surface area contributed by atoms with E-state index in [0.29, 0.717) is 46.6 Å². The van der Waals surface area contributed by atoms with Gasteiger partial charge in [-0.05, 0) is 60.0 Å². The van der Waals surface area contributed by atoms with E-state index in [1.54, 1.807) is 42.5 Å². The third kappa shape index (κ3) is 6.29. The minimum Gasteiger partial charge on any atom is -0.493 e. The molecule has 0 fully saturated rings. The monoisotopic (exact) mass is 566 g/mol. The lowest BCUT2D eigenvalue weighted by atomic mass is 9.83. The molecule has 0 bridgehead atoms. The second-order valence-corrected chi connectivity index (χ2v) is 9.78. The van der Waals surface area contributed by atoms with Crippen LogP contribution in [-0.2, 0) is 6.61 Å². The van der Waals surface area contributed by atoms with E-state index in [1.165, 1.54) is 0 Å². The van der Waals surface area contributed by atoms with E-state index in [2.05, 4.69) is 6.07 Å². The number of carbonyl (C=O) groups excluding carboxylic acids is 1. The Morgan fingerprint density at radius 3 is 2.56 bits per heavy atom. The molecule has 4 aromatic carbocycles. The number of nitrogens with zero attached hydrogens (tertiary/aromatic N) is 1. The molecule has 206 valence electrons. The maximum absolute atomic E-state index is 13.0. The highest BCUT2D eigenvalue weighted by atomic mass is 35.5. The summed E-state index contributed by atoms with van der Waals surface area (Å²) in [4.78, 5) is 13.0. The van der Waals surface area contributed by atoms with Crippen LogP contribution in [-0.4, -0.2) is 12.6 Å². The van der Waals surface area contributed by atoms with E-state index in [0.717, 1.165) is 17.5 Å². The molecule has 41 heavy (non-hydrogen) atoms. The SMILES string of the molecule is CCCOc1ccccc1C(=O)Oc1ccc2c(c1)OC(N)=C(C#N)C2c1cccc(OCc2ccc(Cl)cc2)c1. The van der Waals surface area contributed by atoms with E-state index >= 15 is 0 Å². The van der Waals surface area contributed by atoms with Gasteiger partial charge in [0.05, 0.1) is 12.5 Å². The Morgan fingerprint density at radius 1 is 0.976 bits per heavy atom. The largest absolute Gasteiger partial charge is 0.493 e. The number of halogens is 1. The van der Waals surface area contributed by atoms with Crippen molar-refractivity contribution in [3.8, 4) is 29.1 Å². The Hall–Kier alpha value is -4.93. The van der Waals surface area contributed by atoms with Crippen LogP contribution in [0.1, 0.15) is 46.3 Å². The van der Waals surface area contributed by atoms with Gasteiger partial charge in [0.25, 0.3) is 0 Å². The molecule has 0 saturated heterocycles. The summed E-state index contributed by atoms with van der Waals surface area (Å²) in [6.45, 7) is 2.83. The number of hydrogen-bond donors (Lipinski definition) is 1. The normalized spacial score (nSPS) is 13.9. The summed E-state index contributed by atoms with van der Waals surface area (Å²) in [5, 5.41) is 10.6. The number of rotatable bonds is 9. The first-order chi connectivity index (χ1) is 20.0. The van der Waals surface area contributed by atoms with Crippen molar-refractivity contribution in [3.05, 3.63) is 130 Å². The fourth-order valence-electron chi connectivity index (χ4n) is 4.51. The average Bonchev–Trinajstić information content (AvgIpc) is 2.99. The molecule has 0 saturated carbocycles. The third-order valence-corrected chi connectivity index (χ3v) is 6.73. The Labute approximate surface area is 243 Å². The molecule has 1 aliphatic heterocycles. The van der Waals surface area contributed by atoms with E-state index < -0.39 is 11.9 Å². The molecule has 1 aliphatic rings. The summed E-state index contributed by atoms with van der Waals surface area (Å²) < 4.78 is 23.2. The molecule has 0 aromatic heterocycles. The third-order valence-electron chi connectivity index (χ3n) is 6.48. The highest BCUT2D eigenvalue weighted by Gasteiger charge is 2.31. The van der Waals surface area contributed by atoms with Crippen LogP contribution in [0.4, 0.5) is 0 Å². The number of ether oxygens (including phenoxy) is 4. The number of benzene rings is 4. The van der Waals surface area contributed by atoms with Crippen molar-refractivity contribution in [2.24, 2.45) is 5.73 Å². The Balaban J connectivity index is 1.40. The number of nitriles is 1. The Bertz CT molecular complexity index is 1640. The predicted octanol–water partition coefficient (Wildman–Crippen LogP) is 7.15. The van der Waals surface area contributed by atoms with Crippen LogP contribution in [0.15, 0.2) is 102 Å². The number of para-hydroxylation sites is 1. The van der Waals surface area contributed by atoms with Crippen molar-refractivity contribution >= 4 is 17.6 Å². The minimum atomic E-state index is -0.559. The molecule has 0 radical (unpaired) electrons. The molecular formula is C33H27ClN2O5. The van der Waals surface area contributed by atoms with E-state index in [-0.39, 0.29) is 17.2 Å². The molecule has 1 atom stereocenters. The fraction of sp³-hybridized carbons (Fsp3) is 0.152. The van der Waals surface area contributed by atoms with Crippen LogP contribution in [0.3, 0.4) is 0 Å². The molecule has 5 rings (SSSR count). The van der Waals surface area contributed by atoms with E-state index in [4.69, 9.17) is 36.3 Å². The van der Waals surface area contributed by atoms with Crippen LogP contribution in [0.25, 0.3) is 0 Å². The van der Waals surface area contributed by atoms with Gasteiger partial charge >= 0.3 is 5.97 Å². The van der Waals surface area contributed by atoms with Crippen molar-refractivity contribution in [2.75, 3.05) is 6.61 Å². The van der Waals surface area contributed by atoms with E-state index in [9.17, 15) is 10.1 Å². The van der Waals surface area contributed by atoms with Gasteiger partial charge in [0.15, 0.2) is 0 Å². The van der Waals surface area contributed by atoms with Crippen LogP contribution in [0.5, 0.6) is 23.0 Å². The van der Waals surface area contributed by atoms with Gasteiger partial charge in [-0.15, -0.1) is 0 Å². The number of esters is 1. The zero-order valence-corrected chi connectivity index (χ0v) is 23.1. The zero-order valence-electron chi connectivity index (χ0n) is 22.3. The van der Waals surface area contributed by atoms with Gasteiger partial charge in [0, 0.05) is 16.7 Å². The summed E-state index contributed by atoms with van der Waals surface area (Å²) in [6.07, 6.45) is 0.809. The molecule has 2 N–H and O–H groups in total. The lowest BCUT2D eigenvalue weighted by Crippen LogP contribution is -2.21. The molecule has 1 heterocycles. The molecule has 0 spiro atoms. The number of nitrogens with two attached hydrogens (primary N) is 1. The molecular weight excluding hydrogens is 540 g/mol. The smallest absolute Gasteiger partial charge is 0.347 e. The maximum atomic E-state index is 13.0. The second kappa shape index (κ2) is 12.5. The maximum Gasteiger partial charge on any atom is 0.347 e. The fourth-order valence-corrected chi connectivity index (χ4v) is 4.63. The molecule has 0 amide bonds. The quantitative estimate of drug-likeness (QED) is 0.169. The van der Waals surface area contributed by atoms with Gasteiger partial charge in [0.1, 0.15) is 46.8 Å². The highest BCUT2D eigenvalue weighted by molar-refractivity contribution is 6.30. The van der Waals surface area contributed by atoms with E-state index in [1.807, 2.05) is 55.5 Å². The summed E-state index contributed by atoms with van der Waals surface area (Å²) in [5.41, 5.74) is 9.27. The molecule has 7 nitrogen and oxygen atoms in total. The lowest BCUT2D eigenvalue weighted by Gasteiger charge is -2.27. The van der Waals surface area contributed by atoms with Crippen LogP contribution >= 0.6 is 11.6 Å². The number of fused-ring (bicyclic) bond motifs is 1. The van der Waals surface area contributed by atoms with Gasteiger partial charge in [0.2, 0.25) is 5.88 Å². The van der Waals surface area contributed by atoms with Crippen LogP contribution < -0.4 is 24.7 Å². The summed E-state index contributed by atoms with van der Waals surface area (Å²) >= 11 is 5.98.